The molecule has 0 bridgehead atoms. The quantitative estimate of drug-likeness (QED) is 0.327. The van der Waals surface area contributed by atoms with Gasteiger partial charge in [-0.3, -0.25) is 0 Å². The molecule has 0 aliphatic rings. The summed E-state index contributed by atoms with van der Waals surface area (Å²) in [5, 5.41) is 31.8. The van der Waals surface area contributed by atoms with Gasteiger partial charge in [0.25, 0.3) is 0 Å². The van der Waals surface area contributed by atoms with Crippen molar-refractivity contribution in [3.63, 3.8) is 0 Å². The van der Waals surface area contributed by atoms with Gasteiger partial charge in [-0.05, 0) is 0 Å². The molecule has 0 amide bonds. The van der Waals surface area contributed by atoms with Crippen LogP contribution in [0.5, 0.6) is 0 Å². The average Bonchev–Trinajstić information content (AvgIpc) is 1.63. The molecule has 0 saturated heterocycles. The van der Waals surface area contributed by atoms with E-state index in [1.165, 1.54) is 0 Å². The van der Waals surface area contributed by atoms with Crippen LogP contribution >= 0.6 is 0 Å². The number of carbonyl (C=O) groups excluding carboxylic acids is 2. The number of hydrogen-bond donors (Lipinski definition) is 2. The van der Waals surface area contributed by atoms with Gasteiger partial charge in [0.15, 0.2) is 0 Å². The molecule has 2 N–H and O–H groups in total. The van der Waals surface area contributed by atoms with E-state index in [0.29, 0.717) is 0 Å². The molecule has 11 heavy (non-hydrogen) atoms. The van der Waals surface area contributed by atoms with Gasteiger partial charge < -0.3 is 30.0 Å². The van der Waals surface area contributed by atoms with Crippen molar-refractivity contribution in [1.29, 1.82) is 0 Å². The Balaban J connectivity index is -0.000000114. The molecule has 0 atom stereocenters. The monoisotopic (exact) mass is 238 g/mol. The Morgan fingerprint density at radius 3 is 1.00 bits per heavy atom. The topological polar surface area (TPSA) is 138 Å². The molecule has 58 valence electrons. The Labute approximate surface area is 97.5 Å². The standard InChI is InChI=1S/C2H2O4.CH2O3.Sr/c3-1(4)2(5)6;2-1(3)4;/h(H,3,4)(H,5,6);(H2,2,3,4);/q;;+2/p-2. The Morgan fingerprint density at radius 1 is 0.909 bits per heavy atom. The van der Waals surface area contributed by atoms with Crippen LogP contribution in [0.3, 0.4) is 0 Å². The molecule has 0 radical (unpaired) electrons. The first-order chi connectivity index (χ1) is 4.37. The van der Waals surface area contributed by atoms with Crippen LogP contribution in [0.2, 0.25) is 0 Å². The SMILES string of the molecule is O=C(O)O.O=C([O-])C(=O)[O-].[Sr+2]. The Kier molecular flexibility index (Phi) is 15.0. The van der Waals surface area contributed by atoms with E-state index < -0.39 is 18.1 Å². The number of hydrogen-bond acceptors (Lipinski definition) is 5. The third-order valence-corrected chi connectivity index (χ3v) is 0.167. The zero-order valence-electron chi connectivity index (χ0n) is 5.14. The molecule has 0 aromatic carbocycles. The van der Waals surface area contributed by atoms with Crippen molar-refractivity contribution in [1.82, 2.24) is 0 Å². The minimum atomic E-state index is -2.19. The van der Waals surface area contributed by atoms with Gasteiger partial charge in [-0.2, -0.15) is 0 Å². The minimum Gasteiger partial charge on any atom is -0.543 e. The van der Waals surface area contributed by atoms with Crippen molar-refractivity contribution in [3.8, 4) is 0 Å². The molecule has 0 aromatic rings. The van der Waals surface area contributed by atoms with Gasteiger partial charge in [0.2, 0.25) is 0 Å². The van der Waals surface area contributed by atoms with Crippen molar-refractivity contribution >= 4 is 63.6 Å². The van der Waals surface area contributed by atoms with Gasteiger partial charge in [0.1, 0.15) is 0 Å². The number of aliphatic carboxylic acids is 2. The smallest absolute Gasteiger partial charge is 0.543 e. The van der Waals surface area contributed by atoms with Crippen LogP contribution in [0.15, 0.2) is 0 Å². The summed E-state index contributed by atoms with van der Waals surface area (Å²) in [4.78, 5) is 26.4. The number of carboxylic acid groups (broad SMARTS) is 4. The summed E-state index contributed by atoms with van der Waals surface area (Å²) in [6.07, 6.45) is -1.83. The number of rotatable bonds is 0. The van der Waals surface area contributed by atoms with Crippen molar-refractivity contribution < 1.29 is 34.8 Å². The minimum absolute atomic E-state index is 0. The summed E-state index contributed by atoms with van der Waals surface area (Å²) in [6.45, 7) is 0. The van der Waals surface area contributed by atoms with Crippen LogP contribution in [0, 0.1) is 0 Å². The molecular formula is C3H2O7Sr. The molecule has 7 nitrogen and oxygen atoms in total. The van der Waals surface area contributed by atoms with Gasteiger partial charge in [0.05, 0.1) is 11.9 Å². The maximum atomic E-state index is 8.93. The van der Waals surface area contributed by atoms with Crippen LogP contribution in [-0.2, 0) is 9.59 Å². The van der Waals surface area contributed by atoms with Gasteiger partial charge in [-0.25, -0.2) is 4.79 Å². The van der Waals surface area contributed by atoms with Crippen molar-refractivity contribution in [3.05, 3.63) is 0 Å². The first kappa shape index (κ1) is 17.0. The van der Waals surface area contributed by atoms with Crippen LogP contribution in [0.1, 0.15) is 0 Å². The first-order valence-corrected chi connectivity index (χ1v) is 1.72. The van der Waals surface area contributed by atoms with E-state index in [1.807, 2.05) is 0 Å². The molecule has 0 unspecified atom stereocenters. The van der Waals surface area contributed by atoms with Gasteiger partial charge in [-0.15, -0.1) is 0 Å². The zero-order valence-corrected chi connectivity index (χ0v) is 8.62. The van der Waals surface area contributed by atoms with E-state index in [-0.39, 0.29) is 45.5 Å². The second-order valence-corrected chi connectivity index (χ2v) is 0.857. The van der Waals surface area contributed by atoms with E-state index in [9.17, 15) is 0 Å². The van der Waals surface area contributed by atoms with Crippen LogP contribution in [0.4, 0.5) is 4.79 Å². The van der Waals surface area contributed by atoms with E-state index in [2.05, 4.69) is 0 Å². The number of carbonyl (C=O) groups is 3. The van der Waals surface area contributed by atoms with Crippen molar-refractivity contribution in [2.45, 2.75) is 0 Å². The van der Waals surface area contributed by atoms with Gasteiger partial charge in [-0.1, -0.05) is 0 Å². The fourth-order valence-electron chi connectivity index (χ4n) is 0. The summed E-state index contributed by atoms with van der Waals surface area (Å²) >= 11 is 0. The van der Waals surface area contributed by atoms with Gasteiger partial charge >= 0.3 is 51.6 Å². The molecule has 0 aromatic heterocycles. The second-order valence-electron chi connectivity index (χ2n) is 0.857. The van der Waals surface area contributed by atoms with Gasteiger partial charge in [0, 0.05) is 0 Å². The first-order valence-electron chi connectivity index (χ1n) is 1.72. The molecule has 0 spiro atoms. The fourth-order valence-corrected chi connectivity index (χ4v) is 0. The molecule has 0 heterocycles. The molecule has 0 fully saturated rings. The maximum Gasteiger partial charge on any atom is 2.00 e. The third-order valence-electron chi connectivity index (χ3n) is 0.167. The predicted octanol–water partition coefficient (Wildman–Crippen LogP) is -3.67. The summed E-state index contributed by atoms with van der Waals surface area (Å²) in [5.74, 6) is -4.37. The fraction of sp³-hybridized carbons (Fsp3) is 0. The van der Waals surface area contributed by atoms with Crippen LogP contribution in [-0.4, -0.2) is 73.8 Å². The zero-order chi connectivity index (χ0) is 8.73. The van der Waals surface area contributed by atoms with E-state index in [4.69, 9.17) is 34.8 Å². The Bertz CT molecular complexity index is 136. The Morgan fingerprint density at radius 2 is 1.00 bits per heavy atom. The van der Waals surface area contributed by atoms with E-state index in [1.54, 1.807) is 0 Å². The third kappa shape index (κ3) is 42.1. The average molecular weight is 238 g/mol. The maximum absolute atomic E-state index is 8.93. The summed E-state index contributed by atoms with van der Waals surface area (Å²) < 4.78 is 0. The van der Waals surface area contributed by atoms with E-state index in [0.717, 1.165) is 0 Å². The van der Waals surface area contributed by atoms with Crippen LogP contribution < -0.4 is 10.2 Å². The van der Waals surface area contributed by atoms with Crippen LogP contribution in [0.25, 0.3) is 0 Å². The summed E-state index contributed by atoms with van der Waals surface area (Å²) in [7, 11) is 0. The summed E-state index contributed by atoms with van der Waals surface area (Å²) in [6, 6.07) is 0. The number of carboxylic acids is 2. The van der Waals surface area contributed by atoms with Crippen molar-refractivity contribution in [2.24, 2.45) is 0 Å². The molecular weight excluding hydrogens is 236 g/mol. The molecule has 0 aliphatic heterocycles. The second kappa shape index (κ2) is 9.69. The summed E-state index contributed by atoms with van der Waals surface area (Å²) in [5.41, 5.74) is 0. The normalized spacial score (nSPS) is 6.18. The molecule has 8 heteroatoms. The molecule has 0 aliphatic carbocycles. The molecule has 0 saturated carbocycles. The Hall–Kier alpha value is -0.309. The van der Waals surface area contributed by atoms with E-state index >= 15 is 0 Å². The predicted molar refractivity (Wildman–Crippen MR) is 26.4 cm³/mol. The largest absolute Gasteiger partial charge is 2.00 e. The van der Waals surface area contributed by atoms with Crippen molar-refractivity contribution in [2.75, 3.05) is 0 Å². The molecule has 0 rings (SSSR count).